The number of anilines is 1. The molecule has 0 aliphatic rings. The van der Waals surface area contributed by atoms with Crippen LogP contribution in [0.15, 0.2) is 60.7 Å². The predicted molar refractivity (Wildman–Crippen MR) is 151 cm³/mol. The average Bonchev–Trinajstić information content (AvgIpc) is 3.29. The largest absolute Gasteiger partial charge is 0.493 e. The zero-order valence-corrected chi connectivity index (χ0v) is 23.5. The number of aromatic nitrogens is 3. The number of carbonyl (C=O) groups is 2. The molecular weight excluding hydrogens is 494 g/mol. The van der Waals surface area contributed by atoms with Crippen LogP contribution < -0.4 is 19.7 Å². The van der Waals surface area contributed by atoms with E-state index in [1.54, 1.807) is 27.8 Å². The second-order valence-electron chi connectivity index (χ2n) is 10.5. The van der Waals surface area contributed by atoms with Gasteiger partial charge in [0.25, 0.3) is 0 Å². The van der Waals surface area contributed by atoms with Crippen LogP contribution in [0.3, 0.4) is 0 Å². The van der Waals surface area contributed by atoms with Gasteiger partial charge in [-0.25, -0.2) is 4.68 Å². The molecule has 4 aromatic rings. The van der Waals surface area contributed by atoms with Crippen molar-refractivity contribution in [1.29, 1.82) is 0 Å². The minimum Gasteiger partial charge on any atom is -0.493 e. The molecule has 2 amide bonds. The number of hydrogen-bond acceptors (Lipinski definition) is 6. The lowest BCUT2D eigenvalue weighted by atomic mass is 9.97. The summed E-state index contributed by atoms with van der Waals surface area (Å²) in [5, 5.41) is 11.5. The standard InChI is InChI=1S/C30H35N5O4/c1-19-12-10-13-20(2)26(19)35(25(36)18-34-23-16-9-8-15-22(23)32-33-34)27(29(37)31-30(3,4)5)21-14-11-17-24(38-6)28(21)39-7/h8-17,27H,18H2,1-7H3,(H,31,37). The van der Waals surface area contributed by atoms with Crippen molar-refractivity contribution in [3.63, 3.8) is 0 Å². The summed E-state index contributed by atoms with van der Waals surface area (Å²) >= 11 is 0. The monoisotopic (exact) mass is 529 g/mol. The minimum absolute atomic E-state index is 0.125. The number of benzene rings is 3. The molecule has 0 aliphatic carbocycles. The number of para-hydroxylation sites is 3. The number of aryl methyl sites for hydroxylation is 2. The third-order valence-corrected chi connectivity index (χ3v) is 6.39. The van der Waals surface area contributed by atoms with E-state index >= 15 is 0 Å². The van der Waals surface area contributed by atoms with Crippen molar-refractivity contribution in [2.45, 2.75) is 52.7 Å². The molecule has 1 unspecified atom stereocenters. The van der Waals surface area contributed by atoms with E-state index in [9.17, 15) is 9.59 Å². The normalized spacial score (nSPS) is 12.2. The number of methoxy groups -OCH3 is 2. The molecular formula is C30H35N5O4. The van der Waals surface area contributed by atoms with Crippen LogP contribution in [0.25, 0.3) is 11.0 Å². The summed E-state index contributed by atoms with van der Waals surface area (Å²) in [6, 6.07) is 17.5. The summed E-state index contributed by atoms with van der Waals surface area (Å²) in [5.74, 6) is 0.152. The van der Waals surface area contributed by atoms with E-state index in [4.69, 9.17) is 9.47 Å². The lowest BCUT2D eigenvalue weighted by Crippen LogP contribution is -2.50. The molecule has 0 saturated carbocycles. The highest BCUT2D eigenvalue weighted by molar-refractivity contribution is 6.03. The van der Waals surface area contributed by atoms with Gasteiger partial charge in [0.15, 0.2) is 11.5 Å². The molecule has 204 valence electrons. The lowest BCUT2D eigenvalue weighted by molar-refractivity contribution is -0.128. The predicted octanol–water partition coefficient (Wildman–Crippen LogP) is 4.75. The van der Waals surface area contributed by atoms with Crippen molar-refractivity contribution < 1.29 is 19.1 Å². The summed E-state index contributed by atoms with van der Waals surface area (Å²) in [6.45, 7) is 9.43. The second-order valence-corrected chi connectivity index (χ2v) is 10.5. The maximum Gasteiger partial charge on any atom is 0.249 e. The van der Waals surface area contributed by atoms with Crippen molar-refractivity contribution in [2.24, 2.45) is 0 Å². The Hall–Kier alpha value is -4.40. The fourth-order valence-electron chi connectivity index (χ4n) is 4.78. The highest BCUT2D eigenvalue weighted by atomic mass is 16.5. The molecule has 1 heterocycles. The van der Waals surface area contributed by atoms with Gasteiger partial charge in [-0.1, -0.05) is 47.7 Å². The van der Waals surface area contributed by atoms with E-state index in [0.717, 1.165) is 16.6 Å². The molecule has 0 radical (unpaired) electrons. The lowest BCUT2D eigenvalue weighted by Gasteiger charge is -2.36. The van der Waals surface area contributed by atoms with Crippen molar-refractivity contribution in [3.05, 3.63) is 77.4 Å². The van der Waals surface area contributed by atoms with E-state index in [2.05, 4.69) is 15.6 Å². The van der Waals surface area contributed by atoms with Crippen molar-refractivity contribution in [2.75, 3.05) is 19.1 Å². The second kappa shape index (κ2) is 11.1. The first-order valence-corrected chi connectivity index (χ1v) is 12.7. The van der Waals surface area contributed by atoms with Gasteiger partial charge in [-0.05, 0) is 63.9 Å². The fraction of sp³-hybridized carbons (Fsp3) is 0.333. The van der Waals surface area contributed by atoms with Crippen LogP contribution in [-0.2, 0) is 16.1 Å². The van der Waals surface area contributed by atoms with E-state index in [1.807, 2.05) is 77.1 Å². The topological polar surface area (TPSA) is 98.6 Å². The van der Waals surface area contributed by atoms with Gasteiger partial charge in [0.1, 0.15) is 18.1 Å². The van der Waals surface area contributed by atoms with E-state index in [-0.39, 0.29) is 18.4 Å². The van der Waals surface area contributed by atoms with Gasteiger partial charge < -0.3 is 14.8 Å². The first-order chi connectivity index (χ1) is 18.6. The van der Waals surface area contributed by atoms with Gasteiger partial charge in [0.05, 0.1) is 25.4 Å². The van der Waals surface area contributed by atoms with Crippen LogP contribution >= 0.6 is 0 Å². The molecule has 3 aromatic carbocycles. The highest BCUT2D eigenvalue weighted by Crippen LogP contribution is 2.41. The first-order valence-electron chi connectivity index (χ1n) is 12.7. The third-order valence-electron chi connectivity index (χ3n) is 6.39. The number of nitrogens with zero attached hydrogens (tertiary/aromatic N) is 4. The summed E-state index contributed by atoms with van der Waals surface area (Å²) in [4.78, 5) is 30.1. The number of rotatable bonds is 8. The van der Waals surface area contributed by atoms with Crippen molar-refractivity contribution in [1.82, 2.24) is 20.3 Å². The Kier molecular flexibility index (Phi) is 7.90. The fourth-order valence-corrected chi connectivity index (χ4v) is 4.78. The Labute approximate surface area is 228 Å². The summed E-state index contributed by atoms with van der Waals surface area (Å²) in [5.41, 5.74) is 3.69. The summed E-state index contributed by atoms with van der Waals surface area (Å²) < 4.78 is 12.9. The zero-order valence-electron chi connectivity index (χ0n) is 23.5. The number of ether oxygens (including phenoxy) is 2. The molecule has 0 spiro atoms. The Morgan fingerprint density at radius 1 is 0.949 bits per heavy atom. The Balaban J connectivity index is 1.95. The molecule has 0 saturated heterocycles. The summed E-state index contributed by atoms with van der Waals surface area (Å²) in [6.07, 6.45) is 0. The SMILES string of the molecule is COc1cccc(C(C(=O)NC(C)(C)C)N(C(=O)Cn2nnc3ccccc32)c2c(C)cccc2C)c1OC. The first kappa shape index (κ1) is 27.6. The highest BCUT2D eigenvalue weighted by Gasteiger charge is 2.38. The molecule has 0 bridgehead atoms. The molecule has 1 N–H and O–H groups in total. The van der Waals surface area contributed by atoms with E-state index in [1.165, 1.54) is 14.2 Å². The van der Waals surface area contributed by atoms with Crippen molar-refractivity contribution >= 4 is 28.5 Å². The number of nitrogens with one attached hydrogen (secondary N) is 1. The number of fused-ring (bicyclic) bond motifs is 1. The molecule has 0 aliphatic heterocycles. The van der Waals surface area contributed by atoms with Crippen LogP contribution in [0.5, 0.6) is 11.5 Å². The van der Waals surface area contributed by atoms with Crippen molar-refractivity contribution in [3.8, 4) is 11.5 Å². The molecule has 9 heteroatoms. The Morgan fingerprint density at radius 2 is 1.62 bits per heavy atom. The minimum atomic E-state index is -1.07. The summed E-state index contributed by atoms with van der Waals surface area (Å²) in [7, 11) is 3.06. The molecule has 1 atom stereocenters. The van der Waals surface area contributed by atoms with Crippen LogP contribution in [0.2, 0.25) is 0 Å². The molecule has 9 nitrogen and oxygen atoms in total. The number of hydrogen-bond donors (Lipinski definition) is 1. The van der Waals surface area contributed by atoms with E-state index < -0.39 is 11.6 Å². The average molecular weight is 530 g/mol. The smallest absolute Gasteiger partial charge is 0.249 e. The van der Waals surface area contributed by atoms with Crippen LogP contribution in [-0.4, -0.2) is 46.6 Å². The molecule has 1 aromatic heterocycles. The van der Waals surface area contributed by atoms with Crippen LogP contribution in [0, 0.1) is 13.8 Å². The molecule has 4 rings (SSSR count). The quantitative estimate of drug-likeness (QED) is 0.354. The Morgan fingerprint density at radius 3 is 2.26 bits per heavy atom. The van der Waals surface area contributed by atoms with Crippen LogP contribution in [0.1, 0.15) is 43.5 Å². The maximum atomic E-state index is 14.4. The van der Waals surface area contributed by atoms with Gasteiger partial charge in [0.2, 0.25) is 11.8 Å². The number of carbonyl (C=O) groups excluding carboxylic acids is 2. The van der Waals surface area contributed by atoms with Gasteiger partial charge in [-0.3, -0.25) is 14.5 Å². The van der Waals surface area contributed by atoms with E-state index in [0.29, 0.717) is 28.3 Å². The maximum absolute atomic E-state index is 14.4. The van der Waals surface area contributed by atoms with Gasteiger partial charge in [-0.2, -0.15) is 0 Å². The van der Waals surface area contributed by atoms with Gasteiger partial charge in [-0.15, -0.1) is 5.10 Å². The van der Waals surface area contributed by atoms with Gasteiger partial charge >= 0.3 is 0 Å². The third kappa shape index (κ3) is 5.72. The zero-order chi connectivity index (χ0) is 28.3. The Bertz CT molecular complexity index is 1480. The number of amides is 2. The molecule has 39 heavy (non-hydrogen) atoms. The molecule has 0 fully saturated rings. The van der Waals surface area contributed by atoms with Gasteiger partial charge in [0, 0.05) is 11.1 Å². The van der Waals surface area contributed by atoms with Crippen LogP contribution in [0.4, 0.5) is 5.69 Å².